The lowest BCUT2D eigenvalue weighted by Crippen LogP contribution is -2.38. The molecule has 2 aromatic carbocycles. The van der Waals surface area contributed by atoms with E-state index in [9.17, 15) is 20.0 Å². The summed E-state index contributed by atoms with van der Waals surface area (Å²) < 4.78 is 0. The van der Waals surface area contributed by atoms with Gasteiger partial charge in [0.2, 0.25) is 5.91 Å². The van der Waals surface area contributed by atoms with Crippen LogP contribution in [0.15, 0.2) is 76.9 Å². The van der Waals surface area contributed by atoms with E-state index in [1.54, 1.807) is 38.1 Å². The lowest BCUT2D eigenvalue weighted by molar-refractivity contribution is -0.139. The van der Waals surface area contributed by atoms with Gasteiger partial charge >= 0.3 is 5.97 Å². The van der Waals surface area contributed by atoms with Gasteiger partial charge in [-0.3, -0.25) is 14.6 Å². The Bertz CT molecular complexity index is 1120. The molecule has 0 aliphatic carbocycles. The molecule has 0 aromatic heterocycles. The normalized spacial score (nSPS) is 18.4. The Labute approximate surface area is 181 Å². The van der Waals surface area contributed by atoms with E-state index < -0.39 is 17.8 Å². The maximum Gasteiger partial charge on any atom is 0.313 e. The van der Waals surface area contributed by atoms with Crippen LogP contribution >= 0.6 is 0 Å². The first kappa shape index (κ1) is 21.7. The standard InChI is InChI=1S/C25H23N3O3/c1-16-21(24(29)27-13-7-11-18-8-4-3-5-9-18)23(22(25(30)31)17(2)28-16)20-12-6-10-19(14-20)15-26/h3-12,14,22-23H,13H2,1-2H3,(H,27,29)(H,30,31). The fourth-order valence-electron chi connectivity index (χ4n) is 3.82. The number of hydrogen-bond acceptors (Lipinski definition) is 4. The van der Waals surface area contributed by atoms with E-state index in [0.29, 0.717) is 28.1 Å². The van der Waals surface area contributed by atoms with Crippen molar-refractivity contribution in [2.24, 2.45) is 10.9 Å². The van der Waals surface area contributed by atoms with Gasteiger partial charge in [-0.1, -0.05) is 54.6 Å². The summed E-state index contributed by atoms with van der Waals surface area (Å²) >= 11 is 0. The number of nitrogens with one attached hydrogen (secondary N) is 1. The highest BCUT2D eigenvalue weighted by Gasteiger charge is 2.40. The van der Waals surface area contributed by atoms with Crippen molar-refractivity contribution in [3.8, 4) is 6.07 Å². The molecule has 0 saturated carbocycles. The highest BCUT2D eigenvalue weighted by atomic mass is 16.4. The number of rotatable bonds is 6. The molecular formula is C25H23N3O3. The number of nitriles is 1. The summed E-state index contributed by atoms with van der Waals surface area (Å²) in [5.41, 5.74) is 3.24. The molecule has 2 aromatic rings. The van der Waals surface area contributed by atoms with E-state index in [4.69, 9.17) is 0 Å². The van der Waals surface area contributed by atoms with E-state index >= 15 is 0 Å². The number of aliphatic carboxylic acids is 1. The molecule has 1 amide bonds. The first-order valence-corrected chi connectivity index (χ1v) is 9.91. The molecule has 2 unspecified atom stereocenters. The monoisotopic (exact) mass is 413 g/mol. The van der Waals surface area contributed by atoms with Crippen LogP contribution in [0.1, 0.15) is 36.5 Å². The molecule has 6 heteroatoms. The first-order chi connectivity index (χ1) is 14.9. The van der Waals surface area contributed by atoms with Crippen LogP contribution in [-0.2, 0) is 9.59 Å². The largest absolute Gasteiger partial charge is 0.481 e. The van der Waals surface area contributed by atoms with E-state index in [0.717, 1.165) is 5.56 Å². The fourth-order valence-corrected chi connectivity index (χ4v) is 3.82. The maximum atomic E-state index is 13.1. The number of carboxylic acid groups (broad SMARTS) is 1. The van der Waals surface area contributed by atoms with Gasteiger partial charge in [0, 0.05) is 29.4 Å². The molecule has 1 aliphatic heterocycles. The number of carbonyl (C=O) groups excluding carboxylic acids is 1. The van der Waals surface area contributed by atoms with Crippen molar-refractivity contribution in [2.45, 2.75) is 19.8 Å². The molecule has 3 rings (SSSR count). The molecule has 0 radical (unpaired) electrons. The van der Waals surface area contributed by atoms with E-state index in [1.807, 2.05) is 42.5 Å². The molecule has 0 fully saturated rings. The third kappa shape index (κ3) is 4.96. The average molecular weight is 413 g/mol. The van der Waals surface area contributed by atoms with Crippen molar-refractivity contribution in [3.63, 3.8) is 0 Å². The Morgan fingerprint density at radius 2 is 1.90 bits per heavy atom. The summed E-state index contributed by atoms with van der Waals surface area (Å²) in [6.07, 6.45) is 3.74. The lowest BCUT2D eigenvalue weighted by Gasteiger charge is -2.31. The predicted molar refractivity (Wildman–Crippen MR) is 119 cm³/mol. The second-order valence-corrected chi connectivity index (χ2v) is 7.31. The van der Waals surface area contributed by atoms with Crippen molar-refractivity contribution in [1.29, 1.82) is 5.26 Å². The third-order valence-electron chi connectivity index (χ3n) is 5.20. The number of allylic oxidation sites excluding steroid dienone is 1. The Balaban J connectivity index is 1.91. The number of carbonyl (C=O) groups is 2. The van der Waals surface area contributed by atoms with Crippen LogP contribution in [0.4, 0.5) is 0 Å². The van der Waals surface area contributed by atoms with Crippen molar-refractivity contribution in [1.82, 2.24) is 5.32 Å². The summed E-state index contributed by atoms with van der Waals surface area (Å²) in [5.74, 6) is -3.15. The minimum absolute atomic E-state index is 0.288. The molecule has 0 bridgehead atoms. The van der Waals surface area contributed by atoms with E-state index in [2.05, 4.69) is 16.4 Å². The summed E-state index contributed by atoms with van der Waals surface area (Å²) in [4.78, 5) is 29.5. The molecule has 1 heterocycles. The Hall–Kier alpha value is -3.98. The molecule has 0 saturated heterocycles. The molecular weight excluding hydrogens is 390 g/mol. The Kier molecular flexibility index (Phi) is 6.78. The molecule has 2 atom stereocenters. The van der Waals surface area contributed by atoms with Gasteiger partial charge in [0.05, 0.1) is 11.6 Å². The zero-order valence-electron chi connectivity index (χ0n) is 17.4. The summed E-state index contributed by atoms with van der Waals surface area (Å²) in [5, 5.41) is 22.0. The smallest absolute Gasteiger partial charge is 0.313 e. The number of amides is 1. The molecule has 2 N–H and O–H groups in total. The van der Waals surface area contributed by atoms with Crippen LogP contribution in [0, 0.1) is 17.2 Å². The SMILES string of the molecule is CC1=NC(C)=C(C(=O)NCC=Cc2ccccc2)C(c2cccc(C#N)c2)C1C(=O)O. The van der Waals surface area contributed by atoms with Gasteiger partial charge in [-0.15, -0.1) is 0 Å². The second kappa shape index (κ2) is 9.68. The summed E-state index contributed by atoms with van der Waals surface area (Å²) in [7, 11) is 0. The van der Waals surface area contributed by atoms with Crippen molar-refractivity contribution in [2.75, 3.05) is 6.54 Å². The van der Waals surface area contributed by atoms with Crippen LogP contribution in [0.2, 0.25) is 0 Å². The first-order valence-electron chi connectivity index (χ1n) is 9.91. The van der Waals surface area contributed by atoms with Gasteiger partial charge in [0.15, 0.2) is 0 Å². The van der Waals surface area contributed by atoms with E-state index in [1.165, 1.54) is 0 Å². The van der Waals surface area contributed by atoms with Gasteiger partial charge in [-0.25, -0.2) is 0 Å². The minimum Gasteiger partial charge on any atom is -0.481 e. The van der Waals surface area contributed by atoms with Gasteiger partial charge in [-0.2, -0.15) is 5.26 Å². The van der Waals surface area contributed by atoms with Crippen LogP contribution in [0.3, 0.4) is 0 Å². The van der Waals surface area contributed by atoms with Gasteiger partial charge in [0.25, 0.3) is 0 Å². The predicted octanol–water partition coefficient (Wildman–Crippen LogP) is 3.92. The fraction of sp³-hybridized carbons (Fsp3) is 0.200. The highest BCUT2D eigenvalue weighted by molar-refractivity contribution is 6.07. The zero-order chi connectivity index (χ0) is 22.4. The minimum atomic E-state index is -1.06. The van der Waals surface area contributed by atoms with Crippen molar-refractivity contribution < 1.29 is 14.7 Å². The number of carboxylic acids is 1. The second-order valence-electron chi connectivity index (χ2n) is 7.31. The molecule has 156 valence electrons. The molecule has 0 spiro atoms. The zero-order valence-corrected chi connectivity index (χ0v) is 17.4. The van der Waals surface area contributed by atoms with Crippen molar-refractivity contribution >= 4 is 23.7 Å². The van der Waals surface area contributed by atoms with Crippen LogP contribution in [0.5, 0.6) is 0 Å². The molecule has 31 heavy (non-hydrogen) atoms. The summed E-state index contributed by atoms with van der Waals surface area (Å²) in [6.45, 7) is 3.65. The molecule has 6 nitrogen and oxygen atoms in total. The highest BCUT2D eigenvalue weighted by Crippen LogP contribution is 2.39. The lowest BCUT2D eigenvalue weighted by atomic mass is 9.75. The van der Waals surface area contributed by atoms with Crippen LogP contribution in [-0.4, -0.2) is 29.2 Å². The number of hydrogen-bond donors (Lipinski definition) is 2. The Morgan fingerprint density at radius 1 is 1.16 bits per heavy atom. The van der Waals surface area contributed by atoms with Crippen LogP contribution < -0.4 is 5.32 Å². The Morgan fingerprint density at radius 3 is 2.58 bits per heavy atom. The van der Waals surface area contributed by atoms with Gasteiger partial charge in [-0.05, 0) is 37.1 Å². The molecule has 1 aliphatic rings. The number of nitrogens with zero attached hydrogens (tertiary/aromatic N) is 2. The number of aliphatic imine (C=N–C) groups is 1. The van der Waals surface area contributed by atoms with Crippen LogP contribution in [0.25, 0.3) is 6.08 Å². The summed E-state index contributed by atoms with van der Waals surface area (Å²) in [6, 6.07) is 18.5. The topological polar surface area (TPSA) is 103 Å². The van der Waals surface area contributed by atoms with Gasteiger partial charge in [0.1, 0.15) is 5.92 Å². The quantitative estimate of drug-likeness (QED) is 0.749. The third-order valence-corrected chi connectivity index (χ3v) is 5.20. The van der Waals surface area contributed by atoms with E-state index in [-0.39, 0.29) is 12.5 Å². The maximum absolute atomic E-state index is 13.1. The van der Waals surface area contributed by atoms with Gasteiger partial charge < -0.3 is 10.4 Å². The number of benzene rings is 2. The average Bonchev–Trinajstić information content (AvgIpc) is 2.76. The van der Waals surface area contributed by atoms with Crippen molar-refractivity contribution in [3.05, 3.63) is 88.6 Å².